The zero-order valence-corrected chi connectivity index (χ0v) is 32.2. The average Bonchev–Trinajstić information content (AvgIpc) is 3.13. The molecule has 9 atom stereocenters. The van der Waals surface area contributed by atoms with Crippen LogP contribution in [-0.2, 0) is 28.6 Å². The number of esters is 2. The van der Waals surface area contributed by atoms with Crippen molar-refractivity contribution in [3.63, 3.8) is 0 Å². The maximum absolute atomic E-state index is 14.0. The van der Waals surface area contributed by atoms with Crippen LogP contribution in [0.3, 0.4) is 0 Å². The van der Waals surface area contributed by atoms with Gasteiger partial charge in [-0.1, -0.05) is 52.0 Å². The molecule has 0 radical (unpaired) electrons. The van der Waals surface area contributed by atoms with E-state index in [9.17, 15) is 44.7 Å². The number of methoxy groups -OCH3 is 1. The van der Waals surface area contributed by atoms with Crippen LogP contribution < -0.4 is 10.1 Å². The van der Waals surface area contributed by atoms with Crippen molar-refractivity contribution >= 4 is 34.9 Å². The molecule has 3 aliphatic heterocycles. The highest BCUT2D eigenvalue weighted by Gasteiger charge is 2.45. The third-order valence-corrected chi connectivity index (χ3v) is 10.6. The van der Waals surface area contributed by atoms with Crippen LogP contribution in [0.1, 0.15) is 76.9 Å². The van der Waals surface area contributed by atoms with Gasteiger partial charge in [0.15, 0.2) is 11.5 Å². The third kappa shape index (κ3) is 7.88. The Labute approximate surface area is 314 Å². The number of hydrogen-bond donors (Lipinski definition) is 6. The summed E-state index contributed by atoms with van der Waals surface area (Å²) in [5.41, 5.74) is 0.550. The molecular weight excluding hydrogens is 702 g/mol. The molecule has 0 unspecified atom stereocenters. The zero-order valence-electron chi connectivity index (χ0n) is 32.2. The molecule has 0 saturated carbocycles. The van der Waals surface area contributed by atoms with Crippen molar-refractivity contribution in [1.82, 2.24) is 0 Å². The molecule has 4 aliphatic rings. The third-order valence-electron chi connectivity index (χ3n) is 10.6. The Morgan fingerprint density at radius 2 is 1.41 bits per heavy atom. The Hall–Kier alpha value is -4.76. The molecule has 1 amide bonds. The van der Waals surface area contributed by atoms with Gasteiger partial charge in [-0.2, -0.15) is 0 Å². The Kier molecular flexibility index (Phi) is 13.0. The van der Waals surface area contributed by atoms with Gasteiger partial charge < -0.3 is 49.8 Å². The minimum atomic E-state index is -1.62. The number of Topliss-reactive ketones (excluding diaryl/α,β-unsaturated/α-hetero) is 1. The van der Waals surface area contributed by atoms with Gasteiger partial charge in [-0.25, -0.2) is 0 Å². The number of rotatable bonds is 2. The van der Waals surface area contributed by atoms with Crippen molar-refractivity contribution < 1.29 is 63.7 Å². The second-order valence-electron chi connectivity index (χ2n) is 14.4. The van der Waals surface area contributed by atoms with E-state index in [1.54, 1.807) is 32.9 Å². The van der Waals surface area contributed by atoms with Crippen molar-refractivity contribution in [2.24, 2.45) is 29.6 Å². The molecule has 0 fully saturated rings. The molecule has 0 aromatic heterocycles. The van der Waals surface area contributed by atoms with Crippen LogP contribution in [0.2, 0.25) is 0 Å². The number of benzene rings is 1. The monoisotopic (exact) mass is 753 g/mol. The van der Waals surface area contributed by atoms with E-state index in [0.717, 1.165) is 14.0 Å². The van der Waals surface area contributed by atoms with E-state index in [4.69, 9.17) is 18.9 Å². The Bertz CT molecular complexity index is 1870. The van der Waals surface area contributed by atoms with Crippen molar-refractivity contribution in [1.29, 1.82) is 0 Å². The number of hydrogen-bond acceptors (Lipinski definition) is 13. The topological polar surface area (TPSA) is 218 Å². The van der Waals surface area contributed by atoms with Crippen molar-refractivity contribution in [2.75, 3.05) is 19.2 Å². The summed E-state index contributed by atoms with van der Waals surface area (Å²) in [5.74, 6) is -8.30. The number of carbonyl (C=O) groups excluding carboxylic acids is 4. The molecule has 3 heterocycles. The number of aliphatic hydroxyl groups is 4. The second-order valence-corrected chi connectivity index (χ2v) is 14.4. The van der Waals surface area contributed by atoms with Crippen LogP contribution >= 0.6 is 0 Å². The normalized spacial score (nSPS) is 32.3. The molecule has 1 aromatic rings. The van der Waals surface area contributed by atoms with Crippen LogP contribution in [0.15, 0.2) is 52.5 Å². The summed E-state index contributed by atoms with van der Waals surface area (Å²) in [6.07, 6.45) is 0.456. The molecule has 0 saturated heterocycles. The molecule has 0 spiro atoms. The van der Waals surface area contributed by atoms with E-state index in [2.05, 4.69) is 5.32 Å². The molecular formula is C40H51NO13. The maximum atomic E-state index is 14.0. The highest BCUT2D eigenvalue weighted by atomic mass is 16.7. The van der Waals surface area contributed by atoms with Crippen LogP contribution in [0.25, 0.3) is 5.57 Å². The zero-order chi connectivity index (χ0) is 40.5. The van der Waals surface area contributed by atoms with Crippen LogP contribution in [0.5, 0.6) is 11.5 Å². The van der Waals surface area contributed by atoms with E-state index in [-0.39, 0.29) is 63.2 Å². The van der Waals surface area contributed by atoms with Gasteiger partial charge in [0, 0.05) is 52.9 Å². The number of aromatic hydroxyl groups is 1. The number of carbonyl (C=O) groups is 4. The van der Waals surface area contributed by atoms with Crippen LogP contribution in [-0.4, -0.2) is 87.5 Å². The Morgan fingerprint density at radius 1 is 0.833 bits per heavy atom. The molecule has 4 bridgehead atoms. The number of amides is 1. The SMILES string of the molecule is COC(=O)[C@H]1[C@H](O)[C@H](C)[C@@H](O)[C@@H](C)/C=C(/C)C2=C3C(=C(C)C(=O)c4c(O)c(c(C)c(OC(C)=O)c43)NC(=O)/C(C)=C\C=C/[C@@H](C)[C@@H](O)[C@@H](C)[C@H]1O)OCO2. The average molecular weight is 754 g/mol. The number of allylic oxidation sites excluding steroid dienone is 5. The number of fused-ring (bicyclic) bond motifs is 14. The number of anilines is 1. The number of nitrogens with one attached hydrogen (secondary N) is 1. The minimum absolute atomic E-state index is 0.00611. The molecule has 5 rings (SSSR count). The van der Waals surface area contributed by atoms with Crippen molar-refractivity contribution in [3.8, 4) is 11.5 Å². The Balaban J connectivity index is 2.03. The largest absolute Gasteiger partial charge is 0.505 e. The standard InChI is InChI=1S/C40H51NO13/c1-16-12-11-13-17(2)39(49)41-29-20(5)38(54-24(9)42)25-26(35(29)48)34(47)23(8)37-27(25)36(52-15-53-37)19(4)14-18(3)31(44)22(7)33(46)28(40(50)51-10)32(45)21(6)30(16)43/h11-14,16,18,21-22,28,30-33,43-46,48H,15H2,1-10H3,(H,41,49)/b12-11-,17-13-,19-14-/t16-,18+,21-,22-,28-,30-,31+,32-,33-/m1/s1. The highest BCUT2D eigenvalue weighted by Crippen LogP contribution is 2.53. The lowest BCUT2D eigenvalue weighted by Gasteiger charge is -2.37. The number of phenols is 1. The number of aliphatic hydroxyl groups excluding tert-OH is 4. The summed E-state index contributed by atoms with van der Waals surface area (Å²) in [7, 11) is 1.11. The molecule has 54 heavy (non-hydrogen) atoms. The van der Waals surface area contributed by atoms with Gasteiger partial charge in [-0.05, 0) is 33.3 Å². The molecule has 14 nitrogen and oxygen atoms in total. The predicted molar refractivity (Wildman–Crippen MR) is 197 cm³/mol. The van der Waals surface area contributed by atoms with Gasteiger partial charge in [0.25, 0.3) is 5.91 Å². The van der Waals surface area contributed by atoms with Crippen LogP contribution in [0, 0.1) is 36.5 Å². The number of ketones is 1. The summed E-state index contributed by atoms with van der Waals surface area (Å²) in [6, 6.07) is 0. The first-order valence-corrected chi connectivity index (χ1v) is 17.8. The molecule has 294 valence electrons. The van der Waals surface area contributed by atoms with Gasteiger partial charge in [0.2, 0.25) is 6.79 Å². The smallest absolute Gasteiger partial charge is 0.313 e. The predicted octanol–water partition coefficient (Wildman–Crippen LogP) is 3.99. The molecule has 1 aromatic carbocycles. The lowest BCUT2D eigenvalue weighted by molar-refractivity contribution is -0.164. The van der Waals surface area contributed by atoms with Gasteiger partial charge >= 0.3 is 11.9 Å². The number of phenolic OH excluding ortho intramolecular Hbond substituents is 1. The fourth-order valence-corrected chi connectivity index (χ4v) is 7.22. The highest BCUT2D eigenvalue weighted by molar-refractivity contribution is 6.21. The van der Waals surface area contributed by atoms with E-state index >= 15 is 0 Å². The quantitative estimate of drug-likeness (QED) is 0.143. The van der Waals surface area contributed by atoms with Gasteiger partial charge in [0.05, 0.1) is 48.3 Å². The van der Waals surface area contributed by atoms with Crippen LogP contribution in [0.4, 0.5) is 5.69 Å². The first-order chi connectivity index (χ1) is 25.3. The lowest BCUT2D eigenvalue weighted by Crippen LogP contribution is -2.50. The summed E-state index contributed by atoms with van der Waals surface area (Å²) in [4.78, 5) is 53.0. The van der Waals surface area contributed by atoms with Gasteiger partial charge in [-0.15, -0.1) is 0 Å². The Morgan fingerprint density at radius 3 is 1.98 bits per heavy atom. The van der Waals surface area contributed by atoms with Gasteiger partial charge in [-0.3, -0.25) is 19.2 Å². The van der Waals surface area contributed by atoms with Crippen molar-refractivity contribution in [3.05, 3.63) is 69.2 Å². The summed E-state index contributed by atoms with van der Waals surface area (Å²) < 4.78 is 22.5. The van der Waals surface area contributed by atoms with E-state index in [1.165, 1.54) is 46.8 Å². The minimum Gasteiger partial charge on any atom is -0.505 e. The summed E-state index contributed by atoms with van der Waals surface area (Å²) >= 11 is 0. The molecule has 6 N–H and O–H groups in total. The number of ether oxygens (including phenoxy) is 4. The fraction of sp³-hybridized carbons (Fsp3) is 0.500. The van der Waals surface area contributed by atoms with E-state index < -0.39 is 83.4 Å². The second kappa shape index (κ2) is 16.7. The first kappa shape index (κ1) is 42.0. The summed E-state index contributed by atoms with van der Waals surface area (Å²) in [5, 5.41) is 60.0. The van der Waals surface area contributed by atoms with E-state index in [1.807, 2.05) is 0 Å². The maximum Gasteiger partial charge on any atom is 0.313 e. The molecule has 1 aliphatic carbocycles. The van der Waals surface area contributed by atoms with Gasteiger partial charge in [0.1, 0.15) is 23.2 Å². The fourth-order valence-electron chi connectivity index (χ4n) is 7.22. The summed E-state index contributed by atoms with van der Waals surface area (Å²) in [6.45, 7) is 13.4. The first-order valence-electron chi connectivity index (χ1n) is 17.8. The lowest BCUT2D eigenvalue weighted by atomic mass is 9.76. The van der Waals surface area contributed by atoms with Crippen molar-refractivity contribution in [2.45, 2.75) is 86.7 Å². The molecule has 14 heteroatoms. The van der Waals surface area contributed by atoms with E-state index in [0.29, 0.717) is 5.57 Å².